The molecule has 3 rings (SSSR count). The first-order valence-electron chi connectivity index (χ1n) is 12.7. The number of carbonyl (C=O) groups excluding carboxylic acids is 1. The summed E-state index contributed by atoms with van der Waals surface area (Å²) in [5.41, 5.74) is -0.355. The molecule has 2 amide bonds. The van der Waals surface area contributed by atoms with Crippen LogP contribution in [-0.2, 0) is 10.3 Å². The lowest BCUT2D eigenvalue weighted by molar-refractivity contribution is -0.0574. The summed E-state index contributed by atoms with van der Waals surface area (Å²) in [6.07, 6.45) is 3.93. The van der Waals surface area contributed by atoms with E-state index in [2.05, 4.69) is 10.6 Å². The fourth-order valence-electron chi connectivity index (χ4n) is 4.94. The number of methoxy groups -OCH3 is 1. The van der Waals surface area contributed by atoms with Crippen molar-refractivity contribution in [2.45, 2.75) is 50.7 Å². The summed E-state index contributed by atoms with van der Waals surface area (Å²) < 4.78 is 11.5. The van der Waals surface area contributed by atoms with Gasteiger partial charge in [-0.3, -0.25) is 0 Å². The van der Waals surface area contributed by atoms with Crippen LogP contribution in [0.25, 0.3) is 0 Å². The summed E-state index contributed by atoms with van der Waals surface area (Å²) >= 11 is 0. The zero-order valence-electron chi connectivity index (χ0n) is 21.3. The van der Waals surface area contributed by atoms with E-state index >= 15 is 0 Å². The summed E-state index contributed by atoms with van der Waals surface area (Å²) in [5.74, 6) is 1.27. The fraction of sp³-hybridized carbons (Fsp3) is 0.536. The minimum Gasteiger partial charge on any atom is -0.457 e. The number of urea groups is 1. The Balaban J connectivity index is 1.86. The Hall–Kier alpha value is -2.61. The van der Waals surface area contributed by atoms with E-state index in [1.807, 2.05) is 73.5 Å². The second kappa shape index (κ2) is 13.5. The number of nitrogens with zero attached hydrogens (tertiary/aromatic N) is 1. The van der Waals surface area contributed by atoms with Crippen LogP contribution in [0.3, 0.4) is 0 Å². The standard InChI is InChI=1S/C28H41N3O4/c1-22(20-29-2)30-27(32)31-18-11-12-23(21-31)28(33,17-9-10-19-34-3)25-15-7-8-16-26(25)35-24-13-5-4-6-14-24/h4-8,13-16,22-23,29,33H,9-12,17-21H2,1-3H3,(H,30,32). The molecule has 0 bridgehead atoms. The smallest absolute Gasteiger partial charge is 0.317 e. The maximum absolute atomic E-state index is 13.0. The van der Waals surface area contributed by atoms with Crippen LogP contribution >= 0.6 is 0 Å². The van der Waals surface area contributed by atoms with Crippen LogP contribution in [-0.4, -0.2) is 62.5 Å². The Bertz CT molecular complexity index is 910. The van der Waals surface area contributed by atoms with Crippen molar-refractivity contribution in [3.63, 3.8) is 0 Å². The Morgan fingerprint density at radius 2 is 1.91 bits per heavy atom. The van der Waals surface area contributed by atoms with Crippen LogP contribution in [0, 0.1) is 5.92 Å². The van der Waals surface area contributed by atoms with E-state index < -0.39 is 5.60 Å². The summed E-state index contributed by atoms with van der Waals surface area (Å²) in [7, 11) is 3.57. The van der Waals surface area contributed by atoms with Crippen molar-refractivity contribution in [3.8, 4) is 11.5 Å². The van der Waals surface area contributed by atoms with Crippen LogP contribution in [0.2, 0.25) is 0 Å². The molecule has 3 unspecified atom stereocenters. The maximum atomic E-state index is 13.0. The van der Waals surface area contributed by atoms with Crippen molar-refractivity contribution in [2.75, 3.05) is 40.4 Å². The van der Waals surface area contributed by atoms with Gasteiger partial charge in [-0.2, -0.15) is 0 Å². The van der Waals surface area contributed by atoms with E-state index in [1.165, 1.54) is 0 Å². The average Bonchev–Trinajstić information content (AvgIpc) is 2.87. The van der Waals surface area contributed by atoms with E-state index in [4.69, 9.17) is 9.47 Å². The van der Waals surface area contributed by atoms with Gasteiger partial charge in [-0.05, 0) is 64.3 Å². The molecule has 0 spiro atoms. The number of hydrogen-bond acceptors (Lipinski definition) is 5. The molecule has 1 heterocycles. The lowest BCUT2D eigenvalue weighted by Gasteiger charge is -2.43. The number of piperidine rings is 1. The molecular weight excluding hydrogens is 442 g/mol. The highest BCUT2D eigenvalue weighted by molar-refractivity contribution is 5.74. The van der Waals surface area contributed by atoms with Crippen molar-refractivity contribution in [2.24, 2.45) is 5.92 Å². The lowest BCUT2D eigenvalue weighted by Crippen LogP contribution is -2.53. The van der Waals surface area contributed by atoms with Gasteiger partial charge in [0.15, 0.2) is 0 Å². The first-order chi connectivity index (χ1) is 17.0. The minimum absolute atomic E-state index is 0.0285. The number of hydrogen-bond donors (Lipinski definition) is 3. The predicted octanol–water partition coefficient (Wildman–Crippen LogP) is 4.51. The molecule has 1 fully saturated rings. The third kappa shape index (κ3) is 7.43. The van der Waals surface area contributed by atoms with E-state index in [0.29, 0.717) is 38.4 Å². The summed E-state index contributed by atoms with van der Waals surface area (Å²) in [6.45, 7) is 4.53. The van der Waals surface area contributed by atoms with Gasteiger partial charge in [0.2, 0.25) is 0 Å². The average molecular weight is 484 g/mol. The van der Waals surface area contributed by atoms with Crippen LogP contribution in [0.5, 0.6) is 11.5 Å². The lowest BCUT2D eigenvalue weighted by atomic mass is 9.73. The summed E-state index contributed by atoms with van der Waals surface area (Å²) in [5, 5.41) is 18.5. The second-order valence-electron chi connectivity index (χ2n) is 9.48. The molecule has 1 saturated heterocycles. The first-order valence-corrected chi connectivity index (χ1v) is 12.7. The molecule has 7 nitrogen and oxygen atoms in total. The quantitative estimate of drug-likeness (QED) is 0.387. The Morgan fingerprint density at radius 3 is 2.66 bits per heavy atom. The Labute approximate surface area is 209 Å². The molecule has 2 aromatic carbocycles. The number of nitrogens with one attached hydrogen (secondary N) is 2. The number of unbranched alkanes of at least 4 members (excludes halogenated alkanes) is 1. The number of benzene rings is 2. The molecule has 0 aliphatic carbocycles. The maximum Gasteiger partial charge on any atom is 0.317 e. The largest absolute Gasteiger partial charge is 0.457 e. The highest BCUT2D eigenvalue weighted by atomic mass is 16.5. The molecule has 1 aliphatic rings. The Kier molecular flexibility index (Phi) is 10.4. The van der Waals surface area contributed by atoms with Gasteiger partial charge < -0.3 is 30.1 Å². The third-order valence-electron chi connectivity index (χ3n) is 6.75. The topological polar surface area (TPSA) is 83.1 Å². The number of ether oxygens (including phenoxy) is 2. The molecule has 7 heteroatoms. The molecule has 3 atom stereocenters. The van der Waals surface area contributed by atoms with E-state index in [-0.39, 0.29) is 18.0 Å². The molecule has 2 aromatic rings. The Morgan fingerprint density at radius 1 is 1.17 bits per heavy atom. The molecule has 1 aliphatic heterocycles. The highest BCUT2D eigenvalue weighted by Crippen LogP contribution is 2.44. The van der Waals surface area contributed by atoms with Crippen LogP contribution in [0.1, 0.15) is 44.6 Å². The van der Waals surface area contributed by atoms with Gasteiger partial charge in [0.1, 0.15) is 11.5 Å². The van der Waals surface area contributed by atoms with E-state index in [1.54, 1.807) is 7.11 Å². The molecular formula is C28H41N3O4. The number of likely N-dealkylation sites (N-methyl/N-ethyl adjacent to an activating group) is 1. The predicted molar refractivity (Wildman–Crippen MR) is 139 cm³/mol. The van der Waals surface area contributed by atoms with Crippen molar-refractivity contribution < 1.29 is 19.4 Å². The number of rotatable bonds is 12. The number of likely N-dealkylation sites (tertiary alicyclic amines) is 1. The van der Waals surface area contributed by atoms with E-state index in [9.17, 15) is 9.90 Å². The molecule has 192 valence electrons. The van der Waals surface area contributed by atoms with Crippen LogP contribution in [0.15, 0.2) is 54.6 Å². The number of para-hydroxylation sites is 2. The molecule has 0 saturated carbocycles. The SMILES string of the molecule is CNCC(C)NC(=O)N1CCCC(C(O)(CCCCOC)c2ccccc2Oc2ccccc2)C1. The molecule has 3 N–H and O–H groups in total. The van der Waals surface area contributed by atoms with Crippen molar-refractivity contribution in [1.82, 2.24) is 15.5 Å². The van der Waals surface area contributed by atoms with Crippen LogP contribution < -0.4 is 15.4 Å². The van der Waals surface area contributed by atoms with Crippen molar-refractivity contribution >= 4 is 6.03 Å². The third-order valence-corrected chi connectivity index (χ3v) is 6.75. The minimum atomic E-state index is -1.13. The van der Waals surface area contributed by atoms with Gasteiger partial charge in [0, 0.05) is 50.9 Å². The summed E-state index contributed by atoms with van der Waals surface area (Å²) in [4.78, 5) is 14.8. The fourth-order valence-corrected chi connectivity index (χ4v) is 4.94. The molecule has 35 heavy (non-hydrogen) atoms. The van der Waals surface area contributed by atoms with Gasteiger partial charge in [-0.15, -0.1) is 0 Å². The molecule has 0 radical (unpaired) electrons. The van der Waals surface area contributed by atoms with Gasteiger partial charge in [0.05, 0.1) is 5.60 Å². The number of carbonyl (C=O) groups is 1. The van der Waals surface area contributed by atoms with Crippen LogP contribution in [0.4, 0.5) is 4.79 Å². The first kappa shape index (κ1) is 27.0. The molecule has 0 aromatic heterocycles. The summed E-state index contributed by atoms with van der Waals surface area (Å²) in [6, 6.07) is 17.3. The van der Waals surface area contributed by atoms with Crippen molar-refractivity contribution in [3.05, 3.63) is 60.2 Å². The normalized spacial score (nSPS) is 18.5. The van der Waals surface area contributed by atoms with E-state index in [0.717, 1.165) is 37.0 Å². The van der Waals surface area contributed by atoms with Gasteiger partial charge in [-0.25, -0.2) is 4.79 Å². The monoisotopic (exact) mass is 483 g/mol. The number of amides is 2. The van der Waals surface area contributed by atoms with Gasteiger partial charge in [0.25, 0.3) is 0 Å². The van der Waals surface area contributed by atoms with Gasteiger partial charge >= 0.3 is 6.03 Å². The van der Waals surface area contributed by atoms with Gasteiger partial charge in [-0.1, -0.05) is 36.4 Å². The zero-order valence-corrected chi connectivity index (χ0v) is 21.3. The number of aliphatic hydroxyl groups is 1. The second-order valence-corrected chi connectivity index (χ2v) is 9.48. The van der Waals surface area contributed by atoms with Crippen molar-refractivity contribution in [1.29, 1.82) is 0 Å². The highest BCUT2D eigenvalue weighted by Gasteiger charge is 2.43. The zero-order chi connectivity index (χ0) is 25.1.